The van der Waals surface area contributed by atoms with E-state index in [1.807, 2.05) is 18.3 Å². The molecule has 0 spiro atoms. The Hall–Kier alpha value is -2.03. The number of hydrogen-bond donors (Lipinski definition) is 2. The fraction of sp³-hybridized carbons (Fsp3) is 0.611. The van der Waals surface area contributed by atoms with Crippen molar-refractivity contribution in [2.75, 3.05) is 59.5 Å². The summed E-state index contributed by atoms with van der Waals surface area (Å²) >= 11 is 0. The average molecular weight is 363 g/mol. The van der Waals surface area contributed by atoms with Gasteiger partial charge in [0.1, 0.15) is 0 Å². The van der Waals surface area contributed by atoms with Gasteiger partial charge in [-0.05, 0) is 18.2 Å². The van der Waals surface area contributed by atoms with E-state index in [1.54, 1.807) is 13.3 Å². The van der Waals surface area contributed by atoms with Crippen LogP contribution in [0.25, 0.3) is 0 Å². The first kappa shape index (κ1) is 20.3. The van der Waals surface area contributed by atoms with E-state index < -0.39 is 11.8 Å². The van der Waals surface area contributed by atoms with Crippen molar-refractivity contribution in [1.82, 2.24) is 25.4 Å². The van der Waals surface area contributed by atoms with Crippen LogP contribution in [0.15, 0.2) is 24.5 Å². The summed E-state index contributed by atoms with van der Waals surface area (Å²) in [6.45, 7) is 8.10. The first-order chi connectivity index (χ1) is 12.7. The zero-order valence-electron chi connectivity index (χ0n) is 15.6. The van der Waals surface area contributed by atoms with Gasteiger partial charge < -0.3 is 20.3 Å². The molecule has 2 amide bonds. The average Bonchev–Trinajstić information content (AvgIpc) is 2.69. The number of aromatic nitrogens is 1. The highest BCUT2D eigenvalue weighted by molar-refractivity contribution is 6.35. The first-order valence-electron chi connectivity index (χ1n) is 9.07. The van der Waals surface area contributed by atoms with Crippen LogP contribution in [-0.2, 0) is 14.3 Å². The fourth-order valence-electron chi connectivity index (χ4n) is 3.04. The third kappa shape index (κ3) is 6.05. The minimum atomic E-state index is -0.636. The molecule has 1 aliphatic heterocycles. The van der Waals surface area contributed by atoms with Gasteiger partial charge in [-0.2, -0.15) is 0 Å². The van der Waals surface area contributed by atoms with Gasteiger partial charge in [0.15, 0.2) is 0 Å². The second-order valence-electron chi connectivity index (χ2n) is 6.23. The number of nitrogens with one attached hydrogen (secondary N) is 2. The van der Waals surface area contributed by atoms with Crippen molar-refractivity contribution in [3.63, 3.8) is 0 Å². The van der Waals surface area contributed by atoms with E-state index in [-0.39, 0.29) is 6.04 Å². The number of methoxy groups -OCH3 is 1. The van der Waals surface area contributed by atoms with Crippen LogP contribution in [0.2, 0.25) is 0 Å². The Morgan fingerprint density at radius 3 is 2.58 bits per heavy atom. The monoisotopic (exact) mass is 363 g/mol. The molecular formula is C18H29N5O3. The second kappa shape index (κ2) is 10.8. The van der Waals surface area contributed by atoms with Gasteiger partial charge in [-0.25, -0.2) is 0 Å². The number of amides is 2. The van der Waals surface area contributed by atoms with Crippen LogP contribution in [0.3, 0.4) is 0 Å². The molecule has 0 saturated carbocycles. The predicted octanol–water partition coefficient (Wildman–Crippen LogP) is -0.361. The number of hydrogen-bond acceptors (Lipinski definition) is 6. The van der Waals surface area contributed by atoms with E-state index in [0.29, 0.717) is 19.7 Å². The Morgan fingerprint density at radius 1 is 1.23 bits per heavy atom. The van der Waals surface area contributed by atoms with E-state index in [1.165, 1.54) is 0 Å². The maximum Gasteiger partial charge on any atom is 0.309 e. The largest absolute Gasteiger partial charge is 0.383 e. The van der Waals surface area contributed by atoms with Gasteiger partial charge in [-0.1, -0.05) is 13.0 Å². The Morgan fingerprint density at radius 2 is 1.96 bits per heavy atom. The zero-order valence-corrected chi connectivity index (χ0v) is 15.6. The second-order valence-corrected chi connectivity index (χ2v) is 6.23. The van der Waals surface area contributed by atoms with Crippen LogP contribution < -0.4 is 10.6 Å². The molecule has 1 aliphatic rings. The molecule has 1 unspecified atom stereocenters. The third-order valence-electron chi connectivity index (χ3n) is 4.62. The summed E-state index contributed by atoms with van der Waals surface area (Å²) in [7, 11) is 1.54. The highest BCUT2D eigenvalue weighted by Gasteiger charge is 2.26. The van der Waals surface area contributed by atoms with E-state index in [2.05, 4.69) is 32.3 Å². The molecule has 8 nitrogen and oxygen atoms in total. The molecule has 2 heterocycles. The normalized spacial score (nSPS) is 16.8. The third-order valence-corrected chi connectivity index (χ3v) is 4.62. The summed E-state index contributed by atoms with van der Waals surface area (Å²) in [5.74, 6) is -1.26. The topological polar surface area (TPSA) is 86.8 Å². The smallest absolute Gasteiger partial charge is 0.309 e. The quantitative estimate of drug-likeness (QED) is 0.485. The number of carbonyl (C=O) groups is 2. The lowest BCUT2D eigenvalue weighted by molar-refractivity contribution is -0.139. The van der Waals surface area contributed by atoms with E-state index in [4.69, 9.17) is 4.74 Å². The summed E-state index contributed by atoms with van der Waals surface area (Å²) in [6.07, 6.45) is 3.55. The number of likely N-dealkylation sites (N-methyl/N-ethyl adjacent to an activating group) is 1. The predicted molar refractivity (Wildman–Crippen MR) is 98.6 cm³/mol. The summed E-state index contributed by atoms with van der Waals surface area (Å²) < 4.78 is 4.86. The van der Waals surface area contributed by atoms with Gasteiger partial charge in [0.25, 0.3) is 0 Å². The SMILES string of the molecule is CCN1CCN(C(CNC(=O)C(=O)NCCOC)c2cccnc2)CC1. The Labute approximate surface area is 154 Å². The standard InChI is InChI=1S/C18H29N5O3/c1-3-22-8-10-23(11-9-22)16(15-5-4-6-19-13-15)14-21-18(25)17(24)20-7-12-26-2/h4-6,13,16H,3,7-12,14H2,1-2H3,(H,20,24)(H,21,25). The molecule has 1 aromatic heterocycles. The molecule has 1 aromatic rings. The number of carbonyl (C=O) groups excluding carboxylic acids is 2. The molecule has 8 heteroatoms. The summed E-state index contributed by atoms with van der Waals surface area (Å²) in [5.41, 5.74) is 1.04. The molecule has 0 aromatic carbocycles. The highest BCUT2D eigenvalue weighted by atomic mass is 16.5. The van der Waals surface area contributed by atoms with Crippen LogP contribution in [0.4, 0.5) is 0 Å². The van der Waals surface area contributed by atoms with Crippen molar-refractivity contribution >= 4 is 11.8 Å². The molecular weight excluding hydrogens is 334 g/mol. The lowest BCUT2D eigenvalue weighted by Crippen LogP contribution is -2.50. The Kier molecular flexibility index (Phi) is 8.46. The van der Waals surface area contributed by atoms with Crippen LogP contribution in [0.1, 0.15) is 18.5 Å². The number of nitrogens with zero attached hydrogens (tertiary/aromatic N) is 3. The number of rotatable bonds is 8. The van der Waals surface area contributed by atoms with E-state index >= 15 is 0 Å². The number of pyridine rings is 1. The highest BCUT2D eigenvalue weighted by Crippen LogP contribution is 2.20. The molecule has 1 atom stereocenters. The molecule has 1 saturated heterocycles. The lowest BCUT2D eigenvalue weighted by atomic mass is 10.1. The van der Waals surface area contributed by atoms with Crippen LogP contribution in [-0.4, -0.2) is 86.1 Å². The van der Waals surface area contributed by atoms with Crippen molar-refractivity contribution in [3.05, 3.63) is 30.1 Å². The van der Waals surface area contributed by atoms with Crippen LogP contribution >= 0.6 is 0 Å². The van der Waals surface area contributed by atoms with E-state index in [0.717, 1.165) is 38.3 Å². The van der Waals surface area contributed by atoms with Crippen molar-refractivity contribution in [1.29, 1.82) is 0 Å². The van der Waals surface area contributed by atoms with Gasteiger partial charge in [0, 0.05) is 58.8 Å². The van der Waals surface area contributed by atoms with Gasteiger partial charge in [-0.3, -0.25) is 19.5 Å². The fourth-order valence-corrected chi connectivity index (χ4v) is 3.04. The van der Waals surface area contributed by atoms with E-state index in [9.17, 15) is 9.59 Å². The molecule has 0 radical (unpaired) electrons. The van der Waals surface area contributed by atoms with Crippen molar-refractivity contribution in [3.8, 4) is 0 Å². The van der Waals surface area contributed by atoms with Gasteiger partial charge >= 0.3 is 11.8 Å². The van der Waals surface area contributed by atoms with Crippen molar-refractivity contribution in [2.24, 2.45) is 0 Å². The Balaban J connectivity index is 1.95. The first-order valence-corrected chi connectivity index (χ1v) is 9.07. The maximum atomic E-state index is 12.0. The minimum absolute atomic E-state index is 0.00145. The molecule has 144 valence electrons. The van der Waals surface area contributed by atoms with Crippen LogP contribution in [0.5, 0.6) is 0 Å². The summed E-state index contributed by atoms with van der Waals surface area (Å²) in [5, 5.41) is 5.29. The molecule has 1 fully saturated rings. The van der Waals surface area contributed by atoms with Crippen LogP contribution in [0, 0.1) is 0 Å². The Bertz CT molecular complexity index is 561. The van der Waals surface area contributed by atoms with Gasteiger partial charge in [0.05, 0.1) is 12.6 Å². The molecule has 0 aliphatic carbocycles. The van der Waals surface area contributed by atoms with Gasteiger partial charge in [0.2, 0.25) is 0 Å². The van der Waals surface area contributed by atoms with Gasteiger partial charge in [-0.15, -0.1) is 0 Å². The lowest BCUT2D eigenvalue weighted by Gasteiger charge is -2.39. The molecule has 26 heavy (non-hydrogen) atoms. The zero-order chi connectivity index (χ0) is 18.8. The summed E-state index contributed by atoms with van der Waals surface area (Å²) in [6, 6.07) is 3.90. The summed E-state index contributed by atoms with van der Waals surface area (Å²) in [4.78, 5) is 32.8. The molecule has 2 N–H and O–H groups in total. The minimum Gasteiger partial charge on any atom is -0.383 e. The number of piperazine rings is 1. The number of ether oxygens (including phenoxy) is 1. The molecule has 2 rings (SSSR count). The van der Waals surface area contributed by atoms with Crippen molar-refractivity contribution in [2.45, 2.75) is 13.0 Å². The van der Waals surface area contributed by atoms with Crippen molar-refractivity contribution < 1.29 is 14.3 Å². The molecule has 0 bridgehead atoms. The maximum absolute atomic E-state index is 12.0.